The third-order valence-electron chi connectivity index (χ3n) is 4.82. The van der Waals surface area contributed by atoms with E-state index in [9.17, 15) is 4.79 Å². The van der Waals surface area contributed by atoms with Crippen molar-refractivity contribution in [2.45, 2.75) is 25.3 Å². The fourth-order valence-electron chi connectivity index (χ4n) is 3.43. The highest BCUT2D eigenvalue weighted by Gasteiger charge is 2.28. The van der Waals surface area contributed by atoms with E-state index in [2.05, 4.69) is 36.2 Å². The lowest BCUT2D eigenvalue weighted by Crippen LogP contribution is -2.47. The van der Waals surface area contributed by atoms with E-state index in [1.165, 1.54) is 0 Å². The first kappa shape index (κ1) is 17.9. The van der Waals surface area contributed by atoms with Gasteiger partial charge >= 0.3 is 0 Å². The number of piperidine rings is 1. The van der Waals surface area contributed by atoms with Crippen LogP contribution in [0.1, 0.15) is 29.8 Å². The van der Waals surface area contributed by atoms with Crippen LogP contribution in [-0.2, 0) is 0 Å². The molecular weight excluding hydrogens is 406 g/mol. The van der Waals surface area contributed by atoms with Crippen molar-refractivity contribution in [1.29, 1.82) is 0 Å². The van der Waals surface area contributed by atoms with Crippen molar-refractivity contribution in [2.24, 2.45) is 0 Å². The van der Waals surface area contributed by atoms with Gasteiger partial charge in [0.2, 0.25) is 5.95 Å². The number of hydrogen-bond acceptors (Lipinski definition) is 5. The number of likely N-dealkylation sites (tertiary alicyclic amines) is 1. The fraction of sp³-hybridized carbons (Fsp3) is 0.300. The number of hydrogen-bond donors (Lipinski definition) is 1. The molecule has 0 aliphatic carbocycles. The number of carbonyl (C=O) groups excluding carboxylic acids is 1. The smallest absolute Gasteiger partial charge is 0.272 e. The number of pyridine rings is 1. The van der Waals surface area contributed by atoms with Crippen molar-refractivity contribution in [3.63, 3.8) is 0 Å². The minimum atomic E-state index is -0.0102. The summed E-state index contributed by atoms with van der Waals surface area (Å²) in [5.41, 5.74) is 1.35. The number of para-hydroxylation sites is 1. The van der Waals surface area contributed by atoms with E-state index in [1.54, 1.807) is 12.4 Å². The van der Waals surface area contributed by atoms with Gasteiger partial charge in [-0.25, -0.2) is 15.0 Å². The molecule has 0 unspecified atom stereocenters. The number of anilines is 1. The average Bonchev–Trinajstić information content (AvgIpc) is 2.73. The molecule has 6 nitrogen and oxygen atoms in total. The van der Waals surface area contributed by atoms with Gasteiger partial charge in [0, 0.05) is 36.9 Å². The Labute approximate surface area is 166 Å². The molecule has 4 rings (SSSR count). The molecule has 1 saturated heterocycles. The molecule has 1 aromatic carbocycles. The second-order valence-corrected chi connectivity index (χ2v) is 7.56. The van der Waals surface area contributed by atoms with Gasteiger partial charge in [-0.3, -0.25) is 4.79 Å². The molecule has 1 amide bonds. The fourth-order valence-corrected chi connectivity index (χ4v) is 3.63. The van der Waals surface area contributed by atoms with Gasteiger partial charge in [-0.1, -0.05) is 24.3 Å². The minimum absolute atomic E-state index is 0.0102. The summed E-state index contributed by atoms with van der Waals surface area (Å²) in [7, 11) is 0. The van der Waals surface area contributed by atoms with Gasteiger partial charge < -0.3 is 10.2 Å². The van der Waals surface area contributed by atoms with E-state index >= 15 is 0 Å². The van der Waals surface area contributed by atoms with Crippen LogP contribution in [0.4, 0.5) is 5.95 Å². The number of nitrogens with zero attached hydrogens (tertiary/aromatic N) is 4. The maximum atomic E-state index is 13.1. The minimum Gasteiger partial charge on any atom is -0.352 e. The number of halogens is 1. The molecule has 1 atom stereocenters. The maximum absolute atomic E-state index is 13.1. The molecule has 138 valence electrons. The predicted molar refractivity (Wildman–Crippen MR) is 109 cm³/mol. The highest BCUT2D eigenvalue weighted by Crippen LogP contribution is 2.21. The highest BCUT2D eigenvalue weighted by atomic mass is 79.9. The molecule has 1 N–H and O–H groups in total. The van der Waals surface area contributed by atoms with Crippen LogP contribution in [-0.4, -0.2) is 44.9 Å². The summed E-state index contributed by atoms with van der Waals surface area (Å²) in [6.45, 7) is 1.38. The second kappa shape index (κ2) is 8.00. The molecular formula is C20H20BrN5O. The molecule has 3 heterocycles. The summed E-state index contributed by atoms with van der Waals surface area (Å²) < 4.78 is 0.838. The van der Waals surface area contributed by atoms with Crippen LogP contribution < -0.4 is 5.32 Å². The number of aromatic nitrogens is 3. The third-order valence-corrected chi connectivity index (χ3v) is 5.23. The van der Waals surface area contributed by atoms with Crippen LogP contribution in [0.3, 0.4) is 0 Å². The van der Waals surface area contributed by atoms with Gasteiger partial charge in [0.15, 0.2) is 0 Å². The standard InChI is InChI=1S/C20H20BrN5O/c21-15-11-22-20(23-12-15)24-13-16-6-3-4-10-26(16)19(27)18-9-8-14-5-1-2-7-17(14)25-18/h1-2,5,7-9,11-12,16H,3-4,6,10,13H2,(H,22,23,24)/t16-/m0/s1. The molecule has 1 fully saturated rings. The zero-order valence-electron chi connectivity index (χ0n) is 14.8. The Balaban J connectivity index is 1.50. The predicted octanol–water partition coefficient (Wildman–Crippen LogP) is 3.89. The average molecular weight is 426 g/mol. The van der Waals surface area contributed by atoms with Crippen LogP contribution in [0.15, 0.2) is 53.3 Å². The number of benzene rings is 1. The number of amides is 1. The Hall–Kier alpha value is -2.54. The summed E-state index contributed by atoms with van der Waals surface area (Å²) in [6.07, 6.45) is 6.51. The molecule has 3 aromatic rings. The van der Waals surface area contributed by atoms with Gasteiger partial charge in [-0.2, -0.15) is 0 Å². The number of nitrogens with one attached hydrogen (secondary N) is 1. The summed E-state index contributed by atoms with van der Waals surface area (Å²) in [4.78, 5) is 28.1. The molecule has 0 bridgehead atoms. The van der Waals surface area contributed by atoms with Gasteiger partial charge in [0.05, 0.1) is 9.99 Å². The first-order chi connectivity index (χ1) is 13.2. The van der Waals surface area contributed by atoms with Crippen molar-refractivity contribution in [3.05, 3.63) is 59.0 Å². The quantitative estimate of drug-likeness (QED) is 0.686. The van der Waals surface area contributed by atoms with Gasteiger partial charge in [0.1, 0.15) is 5.69 Å². The van der Waals surface area contributed by atoms with Gasteiger partial charge in [-0.05, 0) is 47.3 Å². The molecule has 0 spiro atoms. The summed E-state index contributed by atoms with van der Waals surface area (Å²) in [5.74, 6) is 0.559. The van der Waals surface area contributed by atoms with E-state index in [0.717, 1.165) is 41.2 Å². The van der Waals surface area contributed by atoms with E-state index in [1.807, 2.05) is 41.3 Å². The monoisotopic (exact) mass is 425 g/mol. The summed E-state index contributed by atoms with van der Waals surface area (Å²) >= 11 is 3.33. The van der Waals surface area contributed by atoms with Crippen LogP contribution in [0.5, 0.6) is 0 Å². The Bertz CT molecular complexity index is 947. The Morgan fingerprint density at radius 2 is 1.96 bits per heavy atom. The Morgan fingerprint density at radius 3 is 2.81 bits per heavy atom. The molecule has 0 radical (unpaired) electrons. The first-order valence-electron chi connectivity index (χ1n) is 9.09. The lowest BCUT2D eigenvalue weighted by Gasteiger charge is -2.35. The highest BCUT2D eigenvalue weighted by molar-refractivity contribution is 9.10. The van der Waals surface area contributed by atoms with E-state index in [4.69, 9.17) is 0 Å². The van der Waals surface area contributed by atoms with Crippen molar-refractivity contribution in [1.82, 2.24) is 19.9 Å². The van der Waals surface area contributed by atoms with Gasteiger partial charge in [-0.15, -0.1) is 0 Å². The largest absolute Gasteiger partial charge is 0.352 e. The van der Waals surface area contributed by atoms with Crippen molar-refractivity contribution in [2.75, 3.05) is 18.4 Å². The zero-order valence-corrected chi connectivity index (χ0v) is 16.4. The zero-order chi connectivity index (χ0) is 18.6. The molecule has 27 heavy (non-hydrogen) atoms. The van der Waals surface area contributed by atoms with Crippen LogP contribution in [0.25, 0.3) is 10.9 Å². The van der Waals surface area contributed by atoms with Crippen LogP contribution in [0, 0.1) is 0 Å². The van der Waals surface area contributed by atoms with Crippen LogP contribution >= 0.6 is 15.9 Å². The first-order valence-corrected chi connectivity index (χ1v) is 9.88. The van der Waals surface area contributed by atoms with Crippen LogP contribution in [0.2, 0.25) is 0 Å². The normalized spacial score (nSPS) is 17.1. The molecule has 1 aliphatic rings. The summed E-state index contributed by atoms with van der Waals surface area (Å²) in [5, 5.41) is 4.29. The molecule has 1 aliphatic heterocycles. The second-order valence-electron chi connectivity index (χ2n) is 6.64. The van der Waals surface area contributed by atoms with E-state index in [-0.39, 0.29) is 11.9 Å². The lowest BCUT2D eigenvalue weighted by molar-refractivity contribution is 0.0622. The lowest BCUT2D eigenvalue weighted by atomic mass is 10.0. The molecule has 7 heteroatoms. The van der Waals surface area contributed by atoms with Crippen molar-refractivity contribution >= 4 is 38.7 Å². The van der Waals surface area contributed by atoms with Crippen molar-refractivity contribution in [3.8, 4) is 0 Å². The molecule has 0 saturated carbocycles. The SMILES string of the molecule is O=C(c1ccc2ccccc2n1)N1CCCC[C@H]1CNc1ncc(Br)cn1. The van der Waals surface area contributed by atoms with Gasteiger partial charge in [0.25, 0.3) is 5.91 Å². The third kappa shape index (κ3) is 4.08. The number of rotatable bonds is 4. The topological polar surface area (TPSA) is 71.0 Å². The van der Waals surface area contributed by atoms with E-state index < -0.39 is 0 Å². The molecule has 2 aromatic heterocycles. The number of carbonyl (C=O) groups is 1. The summed E-state index contributed by atoms with van der Waals surface area (Å²) in [6, 6.07) is 11.7. The Kier molecular flexibility index (Phi) is 5.29. The number of fused-ring (bicyclic) bond motifs is 1. The van der Waals surface area contributed by atoms with Crippen molar-refractivity contribution < 1.29 is 4.79 Å². The van der Waals surface area contributed by atoms with E-state index in [0.29, 0.717) is 18.2 Å². The maximum Gasteiger partial charge on any atom is 0.272 e. The Morgan fingerprint density at radius 1 is 1.15 bits per heavy atom.